The molecular formula is C33H57N3O3S. The third-order valence-corrected chi connectivity index (χ3v) is 8.69. The minimum Gasteiger partial charge on any atom is -0.400 e. The summed E-state index contributed by atoms with van der Waals surface area (Å²) in [5, 5.41) is 11.2. The first kappa shape index (κ1) is 36.2. The van der Waals surface area contributed by atoms with Crippen LogP contribution in [0.3, 0.4) is 0 Å². The van der Waals surface area contributed by atoms with Crippen LogP contribution in [0.1, 0.15) is 129 Å². The summed E-state index contributed by atoms with van der Waals surface area (Å²) >= 11 is 1.98. The van der Waals surface area contributed by atoms with Crippen molar-refractivity contribution in [1.29, 1.82) is 0 Å². The molecule has 2 aliphatic rings. The predicted molar refractivity (Wildman–Crippen MR) is 173 cm³/mol. The van der Waals surface area contributed by atoms with Crippen molar-refractivity contribution in [2.75, 3.05) is 12.9 Å². The van der Waals surface area contributed by atoms with Crippen molar-refractivity contribution in [1.82, 2.24) is 5.16 Å². The number of rotatable bonds is 11. The molecule has 2 fully saturated rings. The molecular weight excluding hydrogens is 518 g/mol. The first-order chi connectivity index (χ1) is 19.3. The molecule has 1 aromatic rings. The van der Waals surface area contributed by atoms with Gasteiger partial charge in [-0.05, 0) is 78.7 Å². The number of thioether (sulfide) groups is 1. The summed E-state index contributed by atoms with van der Waals surface area (Å²) in [6, 6.07) is 0. The van der Waals surface area contributed by atoms with E-state index in [9.17, 15) is 0 Å². The highest BCUT2D eigenvalue weighted by Gasteiger charge is 2.25. The molecule has 2 atom stereocenters. The minimum atomic E-state index is 0.447. The number of aliphatic imine (C=N–C) groups is 1. The number of aryl methyl sites for hydroxylation is 1. The van der Waals surface area contributed by atoms with Gasteiger partial charge in [0.25, 0.3) is 0 Å². The van der Waals surface area contributed by atoms with Crippen molar-refractivity contribution in [2.45, 2.75) is 137 Å². The molecule has 2 heterocycles. The number of ether oxygens (including phenoxy) is 1. The van der Waals surface area contributed by atoms with E-state index in [1.807, 2.05) is 25.6 Å². The fourth-order valence-electron chi connectivity index (χ4n) is 5.02. The molecule has 228 valence electrons. The van der Waals surface area contributed by atoms with Gasteiger partial charge in [0, 0.05) is 53.3 Å². The molecule has 6 nitrogen and oxygen atoms in total. The lowest BCUT2D eigenvalue weighted by molar-refractivity contribution is 0.0700. The molecule has 1 saturated heterocycles. The smallest absolute Gasteiger partial charge is 0.144 e. The van der Waals surface area contributed by atoms with Crippen LogP contribution in [0, 0.1) is 6.92 Å². The van der Waals surface area contributed by atoms with Gasteiger partial charge in [-0.25, -0.2) is 0 Å². The summed E-state index contributed by atoms with van der Waals surface area (Å²) in [6.07, 6.45) is 19.2. The van der Waals surface area contributed by atoms with Crippen LogP contribution in [-0.2, 0) is 10.5 Å². The van der Waals surface area contributed by atoms with E-state index in [0.717, 1.165) is 60.5 Å². The predicted octanol–water partition coefficient (Wildman–Crippen LogP) is 8.79. The van der Waals surface area contributed by atoms with Crippen LogP contribution in [0.5, 0.6) is 0 Å². The zero-order chi connectivity index (χ0) is 29.9. The van der Waals surface area contributed by atoms with Gasteiger partial charge >= 0.3 is 0 Å². The molecule has 1 saturated carbocycles. The van der Waals surface area contributed by atoms with Gasteiger partial charge in [-0.2, -0.15) is 11.8 Å². The lowest BCUT2D eigenvalue weighted by Crippen LogP contribution is -2.11. The molecule has 1 aliphatic heterocycles. The minimum absolute atomic E-state index is 0.447. The van der Waals surface area contributed by atoms with Crippen LogP contribution in [0.4, 0.5) is 0 Å². The third-order valence-electron chi connectivity index (χ3n) is 7.59. The lowest BCUT2D eigenvalue weighted by atomic mass is 9.86. The molecule has 2 unspecified atom stereocenters. The Bertz CT molecular complexity index is 958. The number of aliphatic hydroxyl groups excluding tert-OH is 1. The summed E-state index contributed by atoms with van der Waals surface area (Å²) in [5.74, 6) is 3.91. The van der Waals surface area contributed by atoms with Crippen molar-refractivity contribution >= 4 is 18.0 Å². The lowest BCUT2D eigenvalue weighted by Gasteiger charge is -2.20. The highest BCUT2D eigenvalue weighted by atomic mass is 32.2. The SMILES string of the molecule is CC=N/C(C)=C(/C=C\CCC)C(\N)=C(/C)CC.CO.Cc1noc(C2CCCCC2)c1CSCC1CCC(C)O1. The standard InChI is InChI=1S/C17H27NO2S.C15H26N2.CH4O/c1-12-8-9-15(19-12)10-21-11-16-13(2)18-20-17(16)14-6-4-3-5-7-14;1-6-9-10-11-14(13(5)17-8-3)15(16)12(4)7-2;1-2/h12,14-15H,3-11H2,1-2H3;8,10-11H,6-7,9,16H2,1-5H3;2H,1H3/b;11-10-,14-13-,15-12-,17-8?;. The Labute approximate surface area is 249 Å². The molecule has 0 amide bonds. The van der Waals surface area contributed by atoms with Crippen LogP contribution in [0.15, 0.2) is 44.2 Å². The Balaban J connectivity index is 0.000000386. The Kier molecular flexibility index (Phi) is 19.0. The number of aliphatic hydroxyl groups is 1. The van der Waals surface area contributed by atoms with Crippen LogP contribution >= 0.6 is 11.8 Å². The number of nitrogens with zero attached hydrogens (tertiary/aromatic N) is 2. The molecule has 0 radical (unpaired) electrons. The topological polar surface area (TPSA) is 93.9 Å². The number of hydrogen-bond donors (Lipinski definition) is 2. The maximum Gasteiger partial charge on any atom is 0.144 e. The zero-order valence-electron chi connectivity index (χ0n) is 26.6. The van der Waals surface area contributed by atoms with E-state index in [1.54, 1.807) is 6.21 Å². The average molecular weight is 576 g/mol. The molecule has 1 aliphatic carbocycles. The van der Waals surface area contributed by atoms with Crippen LogP contribution in [0.25, 0.3) is 0 Å². The Morgan fingerprint density at radius 2 is 1.82 bits per heavy atom. The highest BCUT2D eigenvalue weighted by molar-refractivity contribution is 7.98. The second-order valence-corrected chi connectivity index (χ2v) is 11.8. The van der Waals surface area contributed by atoms with Crippen molar-refractivity contribution in [3.05, 3.63) is 51.7 Å². The fraction of sp³-hybridized carbons (Fsp3) is 0.697. The first-order valence-corrected chi connectivity index (χ1v) is 16.4. The molecule has 3 N–H and O–H groups in total. The largest absolute Gasteiger partial charge is 0.400 e. The number of nitrogens with two attached hydrogens (primary N) is 1. The normalized spacial score (nSPS) is 21.0. The van der Waals surface area contributed by atoms with E-state index in [0.29, 0.717) is 18.1 Å². The number of aromatic nitrogens is 1. The van der Waals surface area contributed by atoms with E-state index in [1.165, 1.54) is 61.8 Å². The van der Waals surface area contributed by atoms with Crippen LogP contribution in [-0.4, -0.2) is 41.5 Å². The molecule has 7 heteroatoms. The second kappa shape index (κ2) is 21.0. The van der Waals surface area contributed by atoms with Gasteiger partial charge in [0.05, 0.1) is 17.9 Å². The van der Waals surface area contributed by atoms with E-state index in [4.69, 9.17) is 20.1 Å². The maximum absolute atomic E-state index is 7.00. The first-order valence-electron chi connectivity index (χ1n) is 15.3. The number of hydrogen-bond acceptors (Lipinski definition) is 7. The maximum atomic E-state index is 7.00. The Hall–Kier alpha value is -1.83. The van der Waals surface area contributed by atoms with E-state index in [2.05, 4.69) is 56.9 Å². The van der Waals surface area contributed by atoms with Crippen LogP contribution in [0.2, 0.25) is 0 Å². The molecule has 0 aromatic carbocycles. The summed E-state index contributed by atoms with van der Waals surface area (Å²) in [7, 11) is 1.00. The second-order valence-electron chi connectivity index (χ2n) is 10.7. The van der Waals surface area contributed by atoms with Crippen molar-refractivity contribution in [2.24, 2.45) is 10.7 Å². The Morgan fingerprint density at radius 3 is 2.40 bits per heavy atom. The average Bonchev–Trinajstić information content (AvgIpc) is 3.57. The molecule has 0 bridgehead atoms. The van der Waals surface area contributed by atoms with Crippen molar-refractivity contribution in [3.8, 4) is 0 Å². The fourth-order valence-corrected chi connectivity index (χ4v) is 6.21. The van der Waals surface area contributed by atoms with Gasteiger partial charge in [-0.15, -0.1) is 0 Å². The molecule has 0 spiro atoms. The van der Waals surface area contributed by atoms with Crippen molar-refractivity contribution in [3.63, 3.8) is 0 Å². The van der Waals surface area contributed by atoms with E-state index >= 15 is 0 Å². The molecule has 40 heavy (non-hydrogen) atoms. The summed E-state index contributed by atoms with van der Waals surface area (Å²) in [4.78, 5) is 4.33. The Morgan fingerprint density at radius 1 is 1.12 bits per heavy atom. The summed E-state index contributed by atoms with van der Waals surface area (Å²) in [6.45, 7) is 14.5. The van der Waals surface area contributed by atoms with Gasteiger partial charge < -0.3 is 20.1 Å². The zero-order valence-corrected chi connectivity index (χ0v) is 27.4. The molecule has 1 aromatic heterocycles. The summed E-state index contributed by atoms with van der Waals surface area (Å²) < 4.78 is 11.6. The van der Waals surface area contributed by atoms with Gasteiger partial charge in [-0.3, -0.25) is 4.99 Å². The number of allylic oxidation sites excluding steroid dienone is 4. The quantitative estimate of drug-likeness (QED) is 0.202. The van der Waals surface area contributed by atoms with E-state index < -0.39 is 0 Å². The molecule has 3 rings (SSSR count). The third kappa shape index (κ3) is 12.4. The monoisotopic (exact) mass is 575 g/mol. The van der Waals surface area contributed by atoms with E-state index in [-0.39, 0.29) is 0 Å². The van der Waals surface area contributed by atoms with Gasteiger partial charge in [0.2, 0.25) is 0 Å². The van der Waals surface area contributed by atoms with Gasteiger partial charge in [-0.1, -0.05) is 56.8 Å². The summed E-state index contributed by atoms with van der Waals surface area (Å²) in [5.41, 5.74) is 12.7. The number of unbranched alkanes of at least 4 members (excludes halogenated alkanes) is 1. The van der Waals surface area contributed by atoms with Gasteiger partial charge in [0.1, 0.15) is 5.76 Å². The van der Waals surface area contributed by atoms with Gasteiger partial charge in [0.15, 0.2) is 0 Å². The van der Waals surface area contributed by atoms with Crippen LogP contribution < -0.4 is 5.73 Å². The highest BCUT2D eigenvalue weighted by Crippen LogP contribution is 2.37. The van der Waals surface area contributed by atoms with Crippen molar-refractivity contribution < 1.29 is 14.4 Å².